The third-order valence-electron chi connectivity index (χ3n) is 2.67. The summed E-state index contributed by atoms with van der Waals surface area (Å²) in [5.41, 5.74) is -0.736. The summed E-state index contributed by atoms with van der Waals surface area (Å²) in [5, 5.41) is 31.1. The van der Waals surface area contributed by atoms with E-state index in [9.17, 15) is 14.7 Å². The fourth-order valence-corrected chi connectivity index (χ4v) is 2.55. The first-order chi connectivity index (χ1) is 8.34. The molecule has 0 saturated carbocycles. The topological polar surface area (TPSA) is 117 Å². The zero-order valence-electron chi connectivity index (χ0n) is 9.81. The number of nitriles is 2. The van der Waals surface area contributed by atoms with E-state index in [1.165, 1.54) is 0 Å². The molecular formula is C11H10N3O3S-. The molecule has 0 spiro atoms. The van der Waals surface area contributed by atoms with Crippen LogP contribution in [-0.2, 0) is 9.59 Å². The van der Waals surface area contributed by atoms with E-state index in [-0.39, 0.29) is 16.4 Å². The minimum atomic E-state index is -1.29. The smallest absolute Gasteiger partial charge is 0.243 e. The molecule has 0 unspecified atom stereocenters. The van der Waals surface area contributed by atoms with Gasteiger partial charge < -0.3 is 15.2 Å². The van der Waals surface area contributed by atoms with E-state index < -0.39 is 23.2 Å². The van der Waals surface area contributed by atoms with Crippen molar-refractivity contribution in [1.29, 1.82) is 10.5 Å². The van der Waals surface area contributed by atoms with Crippen LogP contribution < -0.4 is 10.4 Å². The van der Waals surface area contributed by atoms with Gasteiger partial charge in [-0.3, -0.25) is 4.79 Å². The first-order valence-electron chi connectivity index (χ1n) is 5.02. The third-order valence-corrected chi connectivity index (χ3v) is 3.64. The standard InChI is InChI=1S/C11H11N3O3S/c1-11(2)6(3-12)9(17)14-10(7(11)4-13)18-5-8(15)16/h6H,5H2,1-2H3,(H,14,17)(H,15,16)/p-1/t6-/m0/s1. The number of nitrogens with one attached hydrogen (secondary N) is 1. The molecule has 1 rings (SSSR count). The lowest BCUT2D eigenvalue weighted by atomic mass is 9.72. The van der Waals surface area contributed by atoms with Gasteiger partial charge in [-0.15, -0.1) is 11.8 Å². The maximum atomic E-state index is 11.7. The number of hydrogen-bond donors (Lipinski definition) is 1. The summed E-state index contributed by atoms with van der Waals surface area (Å²) in [6.45, 7) is 3.22. The van der Waals surface area contributed by atoms with E-state index in [0.717, 1.165) is 11.8 Å². The van der Waals surface area contributed by atoms with Crippen molar-refractivity contribution < 1.29 is 14.7 Å². The second kappa shape index (κ2) is 5.11. The van der Waals surface area contributed by atoms with Crippen molar-refractivity contribution in [1.82, 2.24) is 5.32 Å². The highest BCUT2D eigenvalue weighted by atomic mass is 32.2. The predicted molar refractivity (Wildman–Crippen MR) is 61.1 cm³/mol. The molecule has 1 heterocycles. The molecule has 0 aromatic heterocycles. The monoisotopic (exact) mass is 264 g/mol. The van der Waals surface area contributed by atoms with E-state index in [0.29, 0.717) is 0 Å². The molecule has 1 N–H and O–H groups in total. The molecule has 0 aliphatic carbocycles. The van der Waals surface area contributed by atoms with Crippen LogP contribution in [-0.4, -0.2) is 17.6 Å². The van der Waals surface area contributed by atoms with Gasteiger partial charge in [0.05, 0.1) is 28.7 Å². The van der Waals surface area contributed by atoms with Crippen molar-refractivity contribution >= 4 is 23.6 Å². The number of allylic oxidation sites excluding steroid dienone is 1. The number of aliphatic carboxylic acids is 1. The Morgan fingerprint density at radius 2 is 2.17 bits per heavy atom. The van der Waals surface area contributed by atoms with Crippen molar-refractivity contribution in [2.45, 2.75) is 13.8 Å². The minimum Gasteiger partial charge on any atom is -0.549 e. The van der Waals surface area contributed by atoms with Crippen molar-refractivity contribution in [2.24, 2.45) is 11.3 Å². The average molecular weight is 264 g/mol. The zero-order valence-corrected chi connectivity index (χ0v) is 10.6. The lowest BCUT2D eigenvalue weighted by Crippen LogP contribution is -2.44. The molecule has 0 saturated heterocycles. The number of thioether (sulfide) groups is 1. The van der Waals surface area contributed by atoms with Crippen LogP contribution >= 0.6 is 11.8 Å². The lowest BCUT2D eigenvalue weighted by Gasteiger charge is -2.34. The van der Waals surface area contributed by atoms with Gasteiger partial charge in [0.25, 0.3) is 0 Å². The maximum Gasteiger partial charge on any atom is 0.243 e. The minimum absolute atomic E-state index is 0.184. The summed E-state index contributed by atoms with van der Waals surface area (Å²) in [6, 6.07) is 3.79. The van der Waals surface area contributed by atoms with E-state index in [4.69, 9.17) is 10.5 Å². The van der Waals surface area contributed by atoms with Gasteiger partial charge >= 0.3 is 0 Å². The summed E-state index contributed by atoms with van der Waals surface area (Å²) in [7, 11) is 0. The predicted octanol–water partition coefficient (Wildman–Crippen LogP) is -0.500. The molecule has 1 amide bonds. The Bertz CT molecular complexity index is 511. The van der Waals surface area contributed by atoms with E-state index in [2.05, 4.69) is 5.32 Å². The zero-order chi connectivity index (χ0) is 13.9. The second-order valence-electron chi connectivity index (χ2n) is 4.25. The van der Waals surface area contributed by atoms with Crippen LogP contribution in [0.4, 0.5) is 0 Å². The van der Waals surface area contributed by atoms with Crippen molar-refractivity contribution in [3.8, 4) is 12.1 Å². The number of carboxylic acid groups (broad SMARTS) is 1. The van der Waals surface area contributed by atoms with Crippen molar-refractivity contribution in [3.63, 3.8) is 0 Å². The fraction of sp³-hybridized carbons (Fsp3) is 0.455. The second-order valence-corrected chi connectivity index (χ2v) is 5.24. The molecule has 94 valence electrons. The summed E-state index contributed by atoms with van der Waals surface area (Å²) >= 11 is 0.810. The van der Waals surface area contributed by atoms with Crippen molar-refractivity contribution in [3.05, 3.63) is 10.6 Å². The maximum absolute atomic E-state index is 11.7. The molecule has 0 aromatic rings. The fourth-order valence-electron chi connectivity index (χ4n) is 1.67. The summed E-state index contributed by atoms with van der Waals surface area (Å²) in [6.07, 6.45) is 0. The van der Waals surface area contributed by atoms with Crippen LogP contribution in [0.5, 0.6) is 0 Å². The summed E-state index contributed by atoms with van der Waals surface area (Å²) in [4.78, 5) is 22.1. The molecular weight excluding hydrogens is 254 g/mol. The summed E-state index contributed by atoms with van der Waals surface area (Å²) < 4.78 is 0. The van der Waals surface area contributed by atoms with Gasteiger partial charge in [0, 0.05) is 11.2 Å². The van der Waals surface area contributed by atoms with Crippen LogP contribution in [0.3, 0.4) is 0 Å². The van der Waals surface area contributed by atoms with Gasteiger partial charge in [-0.25, -0.2) is 0 Å². The number of rotatable bonds is 3. The molecule has 0 bridgehead atoms. The summed E-state index contributed by atoms with van der Waals surface area (Å²) in [5.74, 6) is -3.16. The quantitative estimate of drug-likeness (QED) is 0.734. The highest BCUT2D eigenvalue weighted by Crippen LogP contribution is 2.41. The highest BCUT2D eigenvalue weighted by molar-refractivity contribution is 8.03. The molecule has 0 fully saturated rings. The Balaban J connectivity index is 3.18. The molecule has 1 aliphatic heterocycles. The molecule has 0 aromatic carbocycles. The van der Waals surface area contributed by atoms with Gasteiger partial charge in [0.1, 0.15) is 5.92 Å². The number of nitrogens with zero attached hydrogens (tertiary/aromatic N) is 2. The Labute approximate surface area is 108 Å². The van der Waals surface area contributed by atoms with Gasteiger partial charge in [-0.2, -0.15) is 10.5 Å². The Kier molecular flexibility index (Phi) is 4.00. The Morgan fingerprint density at radius 3 is 2.61 bits per heavy atom. The van der Waals surface area contributed by atoms with Crippen LogP contribution in [0.25, 0.3) is 0 Å². The van der Waals surface area contributed by atoms with E-state index in [1.807, 2.05) is 12.1 Å². The number of carbonyl (C=O) groups excluding carboxylic acids is 2. The highest BCUT2D eigenvalue weighted by Gasteiger charge is 2.44. The van der Waals surface area contributed by atoms with Gasteiger partial charge in [0.15, 0.2) is 0 Å². The normalized spacial score (nSPS) is 21.8. The van der Waals surface area contributed by atoms with Crippen LogP contribution in [0.2, 0.25) is 0 Å². The van der Waals surface area contributed by atoms with E-state index in [1.54, 1.807) is 13.8 Å². The van der Waals surface area contributed by atoms with Crippen LogP contribution in [0, 0.1) is 34.0 Å². The third kappa shape index (κ3) is 2.47. The van der Waals surface area contributed by atoms with Gasteiger partial charge in [0.2, 0.25) is 5.91 Å². The first-order valence-corrected chi connectivity index (χ1v) is 6.01. The van der Waals surface area contributed by atoms with Gasteiger partial charge in [-0.1, -0.05) is 13.8 Å². The lowest BCUT2D eigenvalue weighted by molar-refractivity contribution is -0.301. The number of amides is 1. The number of carboxylic acids is 1. The van der Waals surface area contributed by atoms with Crippen LogP contribution in [0.1, 0.15) is 13.8 Å². The average Bonchev–Trinajstić information content (AvgIpc) is 2.25. The van der Waals surface area contributed by atoms with E-state index >= 15 is 0 Å². The largest absolute Gasteiger partial charge is 0.549 e. The van der Waals surface area contributed by atoms with Crippen molar-refractivity contribution in [2.75, 3.05) is 5.75 Å². The molecule has 1 aliphatic rings. The molecule has 18 heavy (non-hydrogen) atoms. The van der Waals surface area contributed by atoms with Crippen LogP contribution in [0.15, 0.2) is 10.6 Å². The Morgan fingerprint density at radius 1 is 1.56 bits per heavy atom. The molecule has 1 atom stereocenters. The number of carbonyl (C=O) groups is 2. The SMILES string of the molecule is CC1(C)C(C#N)=C(SCC(=O)[O-])NC(=O)[C@@H]1C#N. The van der Waals surface area contributed by atoms with Gasteiger partial charge in [-0.05, 0) is 0 Å². The molecule has 7 heteroatoms. The molecule has 6 nitrogen and oxygen atoms in total. The Hall–Kier alpha value is -1.99. The first kappa shape index (κ1) is 14.1. The molecule has 0 radical (unpaired) electrons. The number of hydrogen-bond acceptors (Lipinski definition) is 6.